The van der Waals surface area contributed by atoms with Gasteiger partial charge in [0.15, 0.2) is 0 Å². The number of fused-ring (bicyclic) bond motifs is 3. The van der Waals surface area contributed by atoms with Crippen molar-refractivity contribution in [3.05, 3.63) is 125 Å². The van der Waals surface area contributed by atoms with E-state index in [1.807, 2.05) is 17.5 Å². The number of benzene rings is 6. The predicted octanol–water partition coefficient (Wildman–Crippen LogP) is 9.96. The van der Waals surface area contributed by atoms with Gasteiger partial charge in [-0.2, -0.15) is 0 Å². The van der Waals surface area contributed by atoms with Crippen molar-refractivity contribution in [2.24, 2.45) is 0 Å². The van der Waals surface area contributed by atoms with E-state index >= 15 is 0 Å². The van der Waals surface area contributed by atoms with Gasteiger partial charge in [0.2, 0.25) is 0 Å². The van der Waals surface area contributed by atoms with E-state index in [9.17, 15) is 0 Å². The Kier molecular flexibility index (Phi) is 3.45. The minimum atomic E-state index is 0.999. The smallest absolute Gasteiger partial charge is 0.124 e. The van der Waals surface area contributed by atoms with Crippen LogP contribution in [0.15, 0.2) is 91.1 Å². The number of hydrogen-bond acceptors (Lipinski definition) is 2. The molecule has 0 unspecified atom stereocenters. The van der Waals surface area contributed by atoms with E-state index in [1.165, 1.54) is 71.1 Å². The molecule has 3 aliphatic carbocycles. The molecule has 2 heteroatoms. The first kappa shape index (κ1) is 20.4. The van der Waals surface area contributed by atoms with E-state index in [4.69, 9.17) is 4.98 Å². The Hall–Kier alpha value is -4.53. The summed E-state index contributed by atoms with van der Waals surface area (Å²) >= 11 is 1.84. The van der Waals surface area contributed by atoms with Gasteiger partial charge in [0.05, 0.1) is 0 Å². The quantitative estimate of drug-likeness (QED) is 0.205. The highest BCUT2D eigenvalue weighted by molar-refractivity contribution is 7.26. The molecule has 0 amide bonds. The fourth-order valence-corrected chi connectivity index (χ4v) is 9.60. The Morgan fingerprint density at radius 1 is 0.500 bits per heavy atom. The zero-order valence-electron chi connectivity index (χ0n) is 21.6. The first-order valence-electron chi connectivity index (χ1n) is 14.2. The molecule has 0 fully saturated rings. The highest BCUT2D eigenvalue weighted by Gasteiger charge is 2.34. The number of pyridine rings is 1. The molecule has 2 aromatic heterocycles. The number of thiophene rings is 1. The lowest BCUT2D eigenvalue weighted by atomic mass is 9.89. The molecule has 3 aliphatic rings. The third kappa shape index (κ3) is 2.24. The Balaban J connectivity index is 1.31. The van der Waals surface area contributed by atoms with E-state index < -0.39 is 0 Å². The lowest BCUT2D eigenvalue weighted by molar-refractivity contribution is 1.24. The maximum Gasteiger partial charge on any atom is 0.124 e. The third-order valence-electron chi connectivity index (χ3n) is 9.93. The SMILES string of the molecule is c1ccc(-c2cc3c4c5c2Cc2ccc6c(c25)c2c(cc(-c5cccc7c5sc5ncccc57)c(c24)C3)C6)cc1. The topological polar surface area (TPSA) is 12.9 Å². The molecule has 8 aromatic rings. The fourth-order valence-electron chi connectivity index (χ4n) is 8.43. The lowest BCUT2D eigenvalue weighted by Gasteiger charge is -2.14. The van der Waals surface area contributed by atoms with E-state index in [1.54, 1.807) is 32.3 Å². The van der Waals surface area contributed by atoms with Crippen LogP contribution in [0.25, 0.3) is 74.9 Å². The van der Waals surface area contributed by atoms with Crippen LogP contribution in [0.5, 0.6) is 0 Å². The molecule has 0 spiro atoms. The van der Waals surface area contributed by atoms with Crippen LogP contribution in [0.3, 0.4) is 0 Å². The predicted molar refractivity (Wildman–Crippen MR) is 169 cm³/mol. The summed E-state index contributed by atoms with van der Waals surface area (Å²) in [6.45, 7) is 0. The zero-order chi connectivity index (χ0) is 25.7. The Morgan fingerprint density at radius 2 is 1.18 bits per heavy atom. The van der Waals surface area contributed by atoms with Crippen LogP contribution >= 0.6 is 11.3 Å². The number of hydrogen-bond donors (Lipinski definition) is 0. The number of aromatic nitrogens is 1. The van der Waals surface area contributed by atoms with Crippen molar-refractivity contribution in [2.45, 2.75) is 19.3 Å². The molecule has 0 atom stereocenters. The molecule has 0 aliphatic heterocycles. The average Bonchev–Trinajstić information content (AvgIpc) is 3.75. The van der Waals surface area contributed by atoms with Crippen molar-refractivity contribution in [1.29, 1.82) is 0 Å². The fraction of sp³-hybridized carbons (Fsp3) is 0.0789. The van der Waals surface area contributed by atoms with Crippen molar-refractivity contribution in [3.63, 3.8) is 0 Å². The summed E-state index contributed by atoms with van der Waals surface area (Å²) in [5, 5.41) is 11.9. The normalized spacial score (nSPS) is 14.2. The van der Waals surface area contributed by atoms with Crippen LogP contribution < -0.4 is 0 Å². The molecule has 0 saturated carbocycles. The first-order valence-corrected chi connectivity index (χ1v) is 15.0. The molecule has 0 radical (unpaired) electrons. The monoisotopic (exact) mass is 523 g/mol. The van der Waals surface area contributed by atoms with Crippen LogP contribution in [0, 0.1) is 0 Å². The Labute approximate surface area is 234 Å². The van der Waals surface area contributed by atoms with Crippen LogP contribution in [0.1, 0.15) is 33.4 Å². The second-order valence-corrected chi connectivity index (χ2v) is 12.8. The van der Waals surface area contributed by atoms with Crippen LogP contribution in [0.4, 0.5) is 0 Å². The number of nitrogens with zero attached hydrogens (tertiary/aromatic N) is 1. The van der Waals surface area contributed by atoms with Gasteiger partial charge in [-0.3, -0.25) is 0 Å². The van der Waals surface area contributed by atoms with Gasteiger partial charge in [-0.15, -0.1) is 11.3 Å². The van der Waals surface area contributed by atoms with Gasteiger partial charge in [0.25, 0.3) is 0 Å². The summed E-state index contributed by atoms with van der Waals surface area (Å²) in [5.74, 6) is 0. The van der Waals surface area contributed by atoms with E-state index in [-0.39, 0.29) is 0 Å². The molecule has 2 heterocycles. The molecule has 1 nitrogen and oxygen atoms in total. The van der Waals surface area contributed by atoms with Crippen LogP contribution in [-0.2, 0) is 19.3 Å². The van der Waals surface area contributed by atoms with Gasteiger partial charge in [0, 0.05) is 21.7 Å². The molecule has 40 heavy (non-hydrogen) atoms. The van der Waals surface area contributed by atoms with Crippen molar-refractivity contribution in [3.8, 4) is 22.3 Å². The second-order valence-electron chi connectivity index (χ2n) is 11.8. The summed E-state index contributed by atoms with van der Waals surface area (Å²) in [5.41, 5.74) is 14.6. The summed E-state index contributed by atoms with van der Waals surface area (Å²) < 4.78 is 1.36. The van der Waals surface area contributed by atoms with Crippen LogP contribution in [-0.4, -0.2) is 4.98 Å². The Bertz CT molecular complexity index is 2500. The molecular weight excluding hydrogens is 502 g/mol. The second kappa shape index (κ2) is 6.78. The van der Waals surface area contributed by atoms with Gasteiger partial charge in [-0.25, -0.2) is 4.98 Å². The van der Waals surface area contributed by atoms with Crippen LogP contribution in [0.2, 0.25) is 0 Å². The molecule has 0 saturated heterocycles. The van der Waals surface area contributed by atoms with Gasteiger partial charge in [0.1, 0.15) is 4.83 Å². The molecular formula is C38H21NS. The summed E-state index contributed by atoms with van der Waals surface area (Å²) in [7, 11) is 0. The van der Waals surface area contributed by atoms with Gasteiger partial charge < -0.3 is 0 Å². The molecule has 0 N–H and O–H groups in total. The first-order chi connectivity index (χ1) is 19.8. The summed E-state index contributed by atoms with van der Waals surface area (Å²) in [6.07, 6.45) is 4.99. The maximum absolute atomic E-state index is 4.72. The molecule has 0 bridgehead atoms. The largest absolute Gasteiger partial charge is 0.245 e. The minimum Gasteiger partial charge on any atom is -0.245 e. The summed E-state index contributed by atoms with van der Waals surface area (Å²) in [4.78, 5) is 5.85. The minimum absolute atomic E-state index is 0.999. The highest BCUT2D eigenvalue weighted by atomic mass is 32.1. The van der Waals surface area contributed by atoms with Gasteiger partial charge in [-0.1, -0.05) is 60.7 Å². The maximum atomic E-state index is 4.72. The van der Waals surface area contributed by atoms with Crippen molar-refractivity contribution in [1.82, 2.24) is 4.98 Å². The summed E-state index contributed by atoms with van der Waals surface area (Å²) in [6, 6.07) is 32.1. The van der Waals surface area contributed by atoms with Gasteiger partial charge in [-0.05, 0) is 131 Å². The Morgan fingerprint density at radius 3 is 2.08 bits per heavy atom. The average molecular weight is 524 g/mol. The van der Waals surface area contributed by atoms with Crippen molar-refractivity contribution < 1.29 is 0 Å². The van der Waals surface area contributed by atoms with E-state index in [2.05, 4.69) is 84.9 Å². The molecule has 184 valence electrons. The third-order valence-corrected chi connectivity index (χ3v) is 11.1. The molecule has 6 aromatic carbocycles. The van der Waals surface area contributed by atoms with Gasteiger partial charge >= 0.3 is 0 Å². The number of rotatable bonds is 2. The molecule has 11 rings (SSSR count). The van der Waals surface area contributed by atoms with Crippen molar-refractivity contribution >= 4 is 64.0 Å². The lowest BCUT2D eigenvalue weighted by Crippen LogP contribution is -1.92. The standard InChI is InChI=1S/C38H21NS/c1-2-6-19(7-3-1)27-16-23-18-30-28(25-9-4-8-24-26-10-5-13-39-38(26)40-37(24)25)17-22-14-20-11-12-21-15-29(27)35-32(21)31(20)33(22)36(30)34(23)35/h1-13,16-17H,14-15,18H2. The van der Waals surface area contributed by atoms with E-state index in [0.29, 0.717) is 0 Å². The highest BCUT2D eigenvalue weighted by Crippen LogP contribution is 2.57. The zero-order valence-corrected chi connectivity index (χ0v) is 22.5. The van der Waals surface area contributed by atoms with E-state index in [0.717, 1.165) is 24.1 Å². The van der Waals surface area contributed by atoms with Crippen molar-refractivity contribution in [2.75, 3.05) is 0 Å².